The van der Waals surface area contributed by atoms with Gasteiger partial charge >= 0.3 is 0 Å². The van der Waals surface area contributed by atoms with Gasteiger partial charge in [-0.25, -0.2) is 4.39 Å². The van der Waals surface area contributed by atoms with E-state index < -0.39 is 11.7 Å². The summed E-state index contributed by atoms with van der Waals surface area (Å²) in [6.45, 7) is 1.91. The predicted octanol–water partition coefficient (Wildman–Crippen LogP) is 2.66. The summed E-state index contributed by atoms with van der Waals surface area (Å²) in [5, 5.41) is 4.12. The van der Waals surface area contributed by atoms with Gasteiger partial charge in [0.05, 0.1) is 5.56 Å². The first-order valence-electron chi connectivity index (χ1n) is 6.65. The summed E-state index contributed by atoms with van der Waals surface area (Å²) in [5.41, 5.74) is 7.39. The van der Waals surface area contributed by atoms with Crippen molar-refractivity contribution < 1.29 is 9.18 Å². The highest BCUT2D eigenvalue weighted by atomic mass is 19.1. The van der Waals surface area contributed by atoms with Gasteiger partial charge in [-0.05, 0) is 24.6 Å². The maximum Gasteiger partial charge on any atom is 0.284 e. The third-order valence-electron chi connectivity index (χ3n) is 3.31. The van der Waals surface area contributed by atoms with Crippen LogP contribution < -0.4 is 5.73 Å². The van der Waals surface area contributed by atoms with Crippen molar-refractivity contribution in [3.05, 3.63) is 65.5 Å². The van der Waals surface area contributed by atoms with Gasteiger partial charge in [0.2, 0.25) is 5.95 Å². The molecule has 3 aromatic rings. The lowest BCUT2D eigenvalue weighted by atomic mass is 10.1. The lowest BCUT2D eigenvalue weighted by Gasteiger charge is -2.02. The molecule has 0 radical (unpaired) electrons. The van der Waals surface area contributed by atoms with E-state index in [0.29, 0.717) is 5.82 Å². The Morgan fingerprint density at radius 3 is 2.55 bits per heavy atom. The van der Waals surface area contributed by atoms with E-state index in [1.54, 1.807) is 6.07 Å². The van der Waals surface area contributed by atoms with Gasteiger partial charge in [-0.15, -0.1) is 5.10 Å². The lowest BCUT2D eigenvalue weighted by Crippen LogP contribution is -2.17. The van der Waals surface area contributed by atoms with Gasteiger partial charge in [-0.1, -0.05) is 36.4 Å². The molecule has 5 nitrogen and oxygen atoms in total. The Morgan fingerprint density at radius 2 is 1.82 bits per heavy atom. The van der Waals surface area contributed by atoms with Crippen molar-refractivity contribution in [2.24, 2.45) is 0 Å². The van der Waals surface area contributed by atoms with E-state index in [4.69, 9.17) is 5.73 Å². The Kier molecular flexibility index (Phi) is 3.42. The number of anilines is 1. The fraction of sp³-hybridized carbons (Fsp3) is 0.0625. The van der Waals surface area contributed by atoms with Crippen LogP contribution in [-0.4, -0.2) is 20.7 Å². The van der Waals surface area contributed by atoms with Crippen LogP contribution in [-0.2, 0) is 0 Å². The molecule has 1 heterocycles. The molecule has 0 aliphatic heterocycles. The summed E-state index contributed by atoms with van der Waals surface area (Å²) in [6, 6.07) is 13.2. The van der Waals surface area contributed by atoms with Crippen molar-refractivity contribution in [1.82, 2.24) is 14.8 Å². The Hall–Kier alpha value is -3.02. The molecule has 0 spiro atoms. The number of hydrogen-bond acceptors (Lipinski definition) is 4. The first-order chi connectivity index (χ1) is 10.6. The highest BCUT2D eigenvalue weighted by Gasteiger charge is 2.19. The van der Waals surface area contributed by atoms with Crippen molar-refractivity contribution in [1.29, 1.82) is 0 Å². The molecule has 110 valence electrons. The number of carbonyl (C=O) groups is 1. The molecule has 22 heavy (non-hydrogen) atoms. The van der Waals surface area contributed by atoms with Crippen molar-refractivity contribution in [2.45, 2.75) is 6.92 Å². The number of nitrogens with zero attached hydrogens (tertiary/aromatic N) is 3. The van der Waals surface area contributed by atoms with Crippen LogP contribution in [0.2, 0.25) is 0 Å². The first-order valence-corrected chi connectivity index (χ1v) is 6.65. The molecule has 0 bridgehead atoms. The highest BCUT2D eigenvalue weighted by Crippen LogP contribution is 2.21. The fourth-order valence-electron chi connectivity index (χ4n) is 2.16. The maximum atomic E-state index is 13.7. The van der Waals surface area contributed by atoms with E-state index in [1.807, 2.05) is 31.2 Å². The minimum Gasteiger partial charge on any atom is -0.368 e. The largest absolute Gasteiger partial charge is 0.368 e. The van der Waals surface area contributed by atoms with Gasteiger partial charge in [-0.3, -0.25) is 4.79 Å². The van der Waals surface area contributed by atoms with E-state index >= 15 is 0 Å². The van der Waals surface area contributed by atoms with Crippen LogP contribution >= 0.6 is 0 Å². The second-order valence-corrected chi connectivity index (χ2v) is 4.81. The summed E-state index contributed by atoms with van der Waals surface area (Å²) in [5.74, 6) is -1.02. The summed E-state index contributed by atoms with van der Waals surface area (Å²) in [4.78, 5) is 16.5. The van der Waals surface area contributed by atoms with Crippen LogP contribution in [0.3, 0.4) is 0 Å². The minimum atomic E-state index is -0.650. The predicted molar refractivity (Wildman–Crippen MR) is 80.7 cm³/mol. The van der Waals surface area contributed by atoms with E-state index in [0.717, 1.165) is 15.8 Å². The number of rotatable bonds is 2. The van der Waals surface area contributed by atoms with E-state index in [1.165, 1.54) is 18.2 Å². The van der Waals surface area contributed by atoms with Crippen LogP contribution in [0.1, 0.15) is 15.9 Å². The molecular formula is C16H13FN4O. The second-order valence-electron chi connectivity index (χ2n) is 4.81. The molecule has 0 aliphatic carbocycles. The number of benzene rings is 2. The average Bonchev–Trinajstić information content (AvgIpc) is 2.89. The van der Waals surface area contributed by atoms with E-state index in [2.05, 4.69) is 10.1 Å². The molecule has 2 N–H and O–H groups in total. The molecule has 6 heteroatoms. The number of aryl methyl sites for hydroxylation is 1. The normalized spacial score (nSPS) is 10.6. The quantitative estimate of drug-likeness (QED) is 0.789. The number of hydrogen-bond donors (Lipinski definition) is 1. The van der Waals surface area contributed by atoms with Crippen LogP contribution in [0.4, 0.5) is 10.3 Å². The Balaban J connectivity index is 2.05. The molecule has 0 amide bonds. The lowest BCUT2D eigenvalue weighted by molar-refractivity contribution is 0.0944. The number of aromatic nitrogens is 3. The van der Waals surface area contributed by atoms with Crippen molar-refractivity contribution in [3.63, 3.8) is 0 Å². The molecule has 0 fully saturated rings. The Morgan fingerprint density at radius 1 is 1.14 bits per heavy atom. The van der Waals surface area contributed by atoms with E-state index in [-0.39, 0.29) is 11.5 Å². The number of carbonyl (C=O) groups excluding carboxylic acids is 1. The van der Waals surface area contributed by atoms with Crippen LogP contribution in [0.25, 0.3) is 11.4 Å². The van der Waals surface area contributed by atoms with Gasteiger partial charge in [0.25, 0.3) is 5.91 Å². The molecule has 1 aromatic heterocycles. The van der Waals surface area contributed by atoms with Gasteiger partial charge < -0.3 is 5.73 Å². The topological polar surface area (TPSA) is 73.8 Å². The average molecular weight is 296 g/mol. The van der Waals surface area contributed by atoms with Crippen LogP contribution in [0.5, 0.6) is 0 Å². The van der Waals surface area contributed by atoms with Gasteiger partial charge in [0, 0.05) is 5.56 Å². The van der Waals surface area contributed by atoms with Crippen molar-refractivity contribution in [2.75, 3.05) is 5.73 Å². The number of halogens is 1. The van der Waals surface area contributed by atoms with Crippen LogP contribution in [0, 0.1) is 12.7 Å². The monoisotopic (exact) mass is 296 g/mol. The zero-order valence-corrected chi connectivity index (χ0v) is 11.8. The van der Waals surface area contributed by atoms with Crippen molar-refractivity contribution >= 4 is 11.9 Å². The molecule has 2 aromatic carbocycles. The maximum absolute atomic E-state index is 13.7. The summed E-state index contributed by atoms with van der Waals surface area (Å²) in [6.07, 6.45) is 0. The Bertz CT molecular complexity index is 857. The summed E-state index contributed by atoms with van der Waals surface area (Å²) >= 11 is 0. The van der Waals surface area contributed by atoms with Gasteiger partial charge in [0.1, 0.15) is 5.82 Å². The fourth-order valence-corrected chi connectivity index (χ4v) is 2.16. The molecule has 3 rings (SSSR count). The molecule has 0 saturated heterocycles. The smallest absolute Gasteiger partial charge is 0.284 e. The molecule has 0 atom stereocenters. The third-order valence-corrected chi connectivity index (χ3v) is 3.31. The molecule has 0 aliphatic rings. The number of nitrogen functional groups attached to an aromatic ring is 1. The molecule has 0 unspecified atom stereocenters. The van der Waals surface area contributed by atoms with Gasteiger partial charge in [0.15, 0.2) is 5.82 Å². The summed E-state index contributed by atoms with van der Waals surface area (Å²) in [7, 11) is 0. The standard InChI is InChI=1S/C16H13FN4O/c1-10-6-2-3-7-11(10)14-19-16(18)21(20-14)15(22)12-8-4-5-9-13(12)17/h2-9H,1H3,(H2,18,19,20). The SMILES string of the molecule is Cc1ccccc1-c1nc(N)n(C(=O)c2ccccc2F)n1. The first kappa shape index (κ1) is 13.9. The molecule has 0 saturated carbocycles. The zero-order chi connectivity index (χ0) is 15.7. The molecular weight excluding hydrogens is 283 g/mol. The summed E-state index contributed by atoms with van der Waals surface area (Å²) < 4.78 is 14.6. The number of nitrogens with two attached hydrogens (primary N) is 1. The van der Waals surface area contributed by atoms with Gasteiger partial charge in [-0.2, -0.15) is 9.67 Å². The Labute approximate surface area is 126 Å². The minimum absolute atomic E-state index is 0.0773. The highest BCUT2D eigenvalue weighted by molar-refractivity contribution is 5.97. The van der Waals surface area contributed by atoms with Crippen molar-refractivity contribution in [3.8, 4) is 11.4 Å². The van der Waals surface area contributed by atoms with Crippen LogP contribution in [0.15, 0.2) is 48.5 Å². The second kappa shape index (κ2) is 5.40. The van der Waals surface area contributed by atoms with E-state index in [9.17, 15) is 9.18 Å². The third kappa shape index (κ3) is 2.35. The zero-order valence-electron chi connectivity index (χ0n) is 11.8.